The van der Waals surface area contributed by atoms with Gasteiger partial charge < -0.3 is 0 Å². The number of hydrogen-bond acceptors (Lipinski definition) is 0. The summed E-state index contributed by atoms with van der Waals surface area (Å²) in [5, 5.41) is 12.7. The molecule has 232 valence electrons. The zero-order valence-electron chi connectivity index (χ0n) is 27.5. The Labute approximate surface area is 291 Å². The van der Waals surface area contributed by atoms with Gasteiger partial charge in [0.1, 0.15) is 0 Å². The first-order valence-corrected chi connectivity index (χ1v) is 17.4. The zero-order chi connectivity index (χ0) is 33.0. The molecular weight excluding hydrogens is 601 g/mol. The lowest BCUT2D eigenvalue weighted by molar-refractivity contribution is 1.60. The summed E-state index contributed by atoms with van der Waals surface area (Å²) >= 11 is 0. The maximum atomic E-state index is 2.38. The van der Waals surface area contributed by atoms with E-state index in [2.05, 4.69) is 194 Å². The van der Waals surface area contributed by atoms with Gasteiger partial charge in [0.2, 0.25) is 0 Å². The zero-order valence-corrected chi connectivity index (χ0v) is 27.5. The average molecular weight is 633 g/mol. The first-order valence-electron chi connectivity index (χ1n) is 17.4. The summed E-state index contributed by atoms with van der Waals surface area (Å²) in [5.74, 6) is 0. The fourth-order valence-corrected chi connectivity index (χ4v) is 8.16. The molecule has 0 spiro atoms. The maximum absolute atomic E-state index is 2.38. The maximum Gasteiger partial charge on any atom is -0.00201 e. The van der Waals surface area contributed by atoms with Gasteiger partial charge in [0.05, 0.1) is 0 Å². The van der Waals surface area contributed by atoms with Crippen LogP contribution >= 0.6 is 0 Å². The van der Waals surface area contributed by atoms with Gasteiger partial charge in [0.25, 0.3) is 0 Å². The standard InChI is InChI=1S/C50H32/c1-2-13-33(14-3-1)35-16-12-17-36(31-35)41-29-30-48(43-20-7-6-19-42(41)43)50-46-23-10-8-21-44(46)49(45-22-9-11-24-47(45)50)38-27-28-40-37(32-38)26-25-34-15-4-5-18-39(34)40/h1-32H. The highest BCUT2D eigenvalue weighted by Gasteiger charge is 2.19. The Morgan fingerprint density at radius 1 is 0.200 bits per heavy atom. The van der Waals surface area contributed by atoms with Crippen molar-refractivity contribution >= 4 is 53.9 Å². The van der Waals surface area contributed by atoms with Crippen LogP contribution in [0.2, 0.25) is 0 Å². The number of rotatable bonds is 4. The van der Waals surface area contributed by atoms with Crippen LogP contribution in [0.15, 0.2) is 194 Å². The minimum atomic E-state index is 1.23. The largest absolute Gasteiger partial charge is 0.0622 e. The second-order valence-corrected chi connectivity index (χ2v) is 13.2. The fourth-order valence-electron chi connectivity index (χ4n) is 8.16. The summed E-state index contributed by atoms with van der Waals surface area (Å²) < 4.78 is 0. The molecule has 0 aliphatic carbocycles. The lowest BCUT2D eigenvalue weighted by Crippen LogP contribution is -1.92. The van der Waals surface area contributed by atoms with E-state index in [9.17, 15) is 0 Å². The van der Waals surface area contributed by atoms with Crippen molar-refractivity contribution in [2.45, 2.75) is 0 Å². The Morgan fingerprint density at radius 2 is 0.700 bits per heavy atom. The summed E-state index contributed by atoms with van der Waals surface area (Å²) in [5.41, 5.74) is 10.00. The normalized spacial score (nSPS) is 11.6. The van der Waals surface area contributed by atoms with E-state index in [0.717, 1.165) is 0 Å². The molecular formula is C50H32. The molecule has 0 atom stereocenters. The SMILES string of the molecule is c1ccc(-c2cccc(-c3ccc(-c4c5ccccc5c(-c5ccc6c(ccc7ccccc76)c5)c5ccccc45)c4ccccc34)c2)cc1. The first-order chi connectivity index (χ1) is 24.8. The molecule has 0 N–H and O–H groups in total. The summed E-state index contributed by atoms with van der Waals surface area (Å²) in [6, 6.07) is 71.3. The number of fused-ring (bicyclic) bond motifs is 6. The monoisotopic (exact) mass is 632 g/mol. The summed E-state index contributed by atoms with van der Waals surface area (Å²) in [7, 11) is 0. The van der Waals surface area contributed by atoms with Crippen molar-refractivity contribution in [1.82, 2.24) is 0 Å². The van der Waals surface area contributed by atoms with Crippen LogP contribution in [0.1, 0.15) is 0 Å². The minimum absolute atomic E-state index is 1.23. The predicted octanol–water partition coefficient (Wildman–Crippen LogP) is 14.1. The molecule has 0 saturated heterocycles. The molecule has 0 unspecified atom stereocenters. The summed E-state index contributed by atoms with van der Waals surface area (Å²) in [6.07, 6.45) is 0. The van der Waals surface area contributed by atoms with Crippen LogP contribution < -0.4 is 0 Å². The van der Waals surface area contributed by atoms with Crippen molar-refractivity contribution in [1.29, 1.82) is 0 Å². The van der Waals surface area contributed by atoms with Gasteiger partial charge in [-0.15, -0.1) is 0 Å². The van der Waals surface area contributed by atoms with Crippen LogP contribution in [0.25, 0.3) is 98.4 Å². The molecule has 0 saturated carbocycles. The molecule has 0 aromatic heterocycles. The van der Waals surface area contributed by atoms with Gasteiger partial charge in [0, 0.05) is 0 Å². The highest BCUT2D eigenvalue weighted by Crippen LogP contribution is 2.47. The molecule has 0 aliphatic heterocycles. The van der Waals surface area contributed by atoms with Crippen molar-refractivity contribution in [3.05, 3.63) is 194 Å². The molecule has 50 heavy (non-hydrogen) atoms. The van der Waals surface area contributed by atoms with Crippen molar-refractivity contribution in [2.75, 3.05) is 0 Å². The van der Waals surface area contributed by atoms with Crippen LogP contribution in [0.5, 0.6) is 0 Å². The molecule has 0 amide bonds. The molecule has 10 rings (SSSR count). The van der Waals surface area contributed by atoms with E-state index in [1.165, 1.54) is 98.4 Å². The molecule has 0 fully saturated rings. The smallest absolute Gasteiger partial charge is 0.00201 e. The highest BCUT2D eigenvalue weighted by atomic mass is 14.2. The number of hydrogen-bond donors (Lipinski definition) is 0. The van der Waals surface area contributed by atoms with Gasteiger partial charge in [-0.2, -0.15) is 0 Å². The van der Waals surface area contributed by atoms with Gasteiger partial charge in [-0.3, -0.25) is 0 Å². The van der Waals surface area contributed by atoms with E-state index < -0.39 is 0 Å². The molecule has 0 heteroatoms. The van der Waals surface area contributed by atoms with E-state index in [1.54, 1.807) is 0 Å². The van der Waals surface area contributed by atoms with Crippen molar-refractivity contribution in [2.24, 2.45) is 0 Å². The van der Waals surface area contributed by atoms with E-state index in [1.807, 2.05) is 0 Å². The summed E-state index contributed by atoms with van der Waals surface area (Å²) in [4.78, 5) is 0. The molecule has 10 aromatic rings. The Kier molecular flexibility index (Phi) is 6.60. The van der Waals surface area contributed by atoms with E-state index in [0.29, 0.717) is 0 Å². The Bertz CT molecular complexity index is 2860. The average Bonchev–Trinajstić information content (AvgIpc) is 3.19. The van der Waals surface area contributed by atoms with Gasteiger partial charge in [-0.05, 0) is 111 Å². The Balaban J connectivity index is 1.21. The van der Waals surface area contributed by atoms with Crippen molar-refractivity contribution in [3.63, 3.8) is 0 Å². The highest BCUT2D eigenvalue weighted by molar-refractivity contribution is 6.24. The predicted molar refractivity (Wildman–Crippen MR) is 216 cm³/mol. The third-order valence-electron chi connectivity index (χ3n) is 10.4. The van der Waals surface area contributed by atoms with Gasteiger partial charge in [-0.1, -0.05) is 182 Å². The van der Waals surface area contributed by atoms with Crippen LogP contribution in [0.4, 0.5) is 0 Å². The third kappa shape index (κ3) is 4.54. The fraction of sp³-hybridized carbons (Fsp3) is 0. The second-order valence-electron chi connectivity index (χ2n) is 13.2. The quantitative estimate of drug-likeness (QED) is 0.134. The van der Waals surface area contributed by atoms with Crippen LogP contribution in [0, 0.1) is 0 Å². The van der Waals surface area contributed by atoms with E-state index >= 15 is 0 Å². The van der Waals surface area contributed by atoms with Crippen molar-refractivity contribution < 1.29 is 0 Å². The third-order valence-corrected chi connectivity index (χ3v) is 10.4. The first kappa shape index (κ1) is 28.5. The topological polar surface area (TPSA) is 0 Å². The van der Waals surface area contributed by atoms with E-state index in [-0.39, 0.29) is 0 Å². The molecule has 0 heterocycles. The Morgan fingerprint density at radius 3 is 1.42 bits per heavy atom. The van der Waals surface area contributed by atoms with E-state index in [4.69, 9.17) is 0 Å². The molecule has 0 aliphatic rings. The van der Waals surface area contributed by atoms with Crippen LogP contribution in [-0.2, 0) is 0 Å². The minimum Gasteiger partial charge on any atom is -0.0622 e. The van der Waals surface area contributed by atoms with Gasteiger partial charge in [0.15, 0.2) is 0 Å². The molecule has 10 aromatic carbocycles. The number of benzene rings is 10. The van der Waals surface area contributed by atoms with Crippen molar-refractivity contribution in [3.8, 4) is 44.5 Å². The molecule has 0 bridgehead atoms. The molecule has 0 nitrogen and oxygen atoms in total. The lowest BCUT2D eigenvalue weighted by atomic mass is 9.83. The van der Waals surface area contributed by atoms with Crippen LogP contribution in [0.3, 0.4) is 0 Å². The van der Waals surface area contributed by atoms with Gasteiger partial charge >= 0.3 is 0 Å². The van der Waals surface area contributed by atoms with Crippen LogP contribution in [-0.4, -0.2) is 0 Å². The lowest BCUT2D eigenvalue weighted by Gasteiger charge is -2.20. The molecule has 0 radical (unpaired) electrons. The second kappa shape index (κ2) is 11.6. The summed E-state index contributed by atoms with van der Waals surface area (Å²) in [6.45, 7) is 0. The van der Waals surface area contributed by atoms with Gasteiger partial charge in [-0.25, -0.2) is 0 Å². The Hall–Kier alpha value is -6.50.